The van der Waals surface area contributed by atoms with Crippen LogP contribution in [-0.4, -0.2) is 32.2 Å². The van der Waals surface area contributed by atoms with Crippen molar-refractivity contribution in [3.05, 3.63) is 22.4 Å². The Kier molecular flexibility index (Phi) is 5.80. The summed E-state index contributed by atoms with van der Waals surface area (Å²) in [5.74, 6) is -0.177. The number of quaternary nitrogens is 1. The number of likely N-dealkylation sites (tertiary alicyclic amines) is 1. The molecule has 5 heteroatoms. The number of ether oxygens (including phenoxy) is 1. The van der Waals surface area contributed by atoms with Gasteiger partial charge < -0.3 is 22.0 Å². The molecule has 1 aliphatic heterocycles. The molecule has 3 nitrogen and oxygen atoms in total. The highest BCUT2D eigenvalue weighted by atomic mass is 35.5. The molecule has 0 saturated carbocycles. The van der Waals surface area contributed by atoms with Crippen molar-refractivity contribution in [1.29, 1.82) is 0 Å². The molecule has 1 fully saturated rings. The number of hydrogen-bond acceptors (Lipinski definition) is 3. The third kappa shape index (κ3) is 3.77. The van der Waals surface area contributed by atoms with Crippen LogP contribution in [0.5, 0.6) is 0 Å². The maximum Gasteiger partial charge on any atom is 0.348 e. The molecule has 0 bridgehead atoms. The molecule has 90 valence electrons. The van der Waals surface area contributed by atoms with Gasteiger partial charge in [0.15, 0.2) is 0 Å². The van der Waals surface area contributed by atoms with Crippen molar-refractivity contribution in [2.45, 2.75) is 12.8 Å². The van der Waals surface area contributed by atoms with Crippen molar-refractivity contribution in [3.8, 4) is 0 Å². The number of nitrogens with one attached hydrogen (secondary N) is 1. The van der Waals surface area contributed by atoms with Gasteiger partial charge in [0.1, 0.15) is 18.0 Å². The topological polar surface area (TPSA) is 30.7 Å². The molecule has 16 heavy (non-hydrogen) atoms. The number of thiophene rings is 1. The van der Waals surface area contributed by atoms with Gasteiger partial charge in [-0.15, -0.1) is 11.3 Å². The van der Waals surface area contributed by atoms with Gasteiger partial charge in [0, 0.05) is 12.8 Å². The van der Waals surface area contributed by atoms with E-state index in [9.17, 15) is 4.79 Å². The van der Waals surface area contributed by atoms with E-state index >= 15 is 0 Å². The maximum atomic E-state index is 11.5. The Morgan fingerprint density at radius 3 is 2.81 bits per heavy atom. The third-order valence-corrected chi connectivity index (χ3v) is 3.57. The molecule has 0 aliphatic carbocycles. The summed E-state index contributed by atoms with van der Waals surface area (Å²) in [7, 11) is 0. The maximum absolute atomic E-state index is 11.5. The summed E-state index contributed by atoms with van der Waals surface area (Å²) in [6.45, 7) is 3.97. The minimum atomic E-state index is -0.177. The monoisotopic (exact) mass is 261 g/mol. The first-order valence-corrected chi connectivity index (χ1v) is 6.28. The summed E-state index contributed by atoms with van der Waals surface area (Å²) in [5.41, 5.74) is 0. The summed E-state index contributed by atoms with van der Waals surface area (Å²) in [6, 6.07) is 3.67. The van der Waals surface area contributed by atoms with E-state index in [1.807, 2.05) is 11.4 Å². The number of carbonyl (C=O) groups excluding carboxylic acids is 1. The van der Waals surface area contributed by atoms with Crippen molar-refractivity contribution in [3.63, 3.8) is 0 Å². The van der Waals surface area contributed by atoms with Gasteiger partial charge >= 0.3 is 5.97 Å². The quantitative estimate of drug-likeness (QED) is 0.612. The molecular weight excluding hydrogens is 246 g/mol. The molecule has 1 aliphatic rings. The van der Waals surface area contributed by atoms with Crippen molar-refractivity contribution in [2.75, 3.05) is 26.2 Å². The predicted molar refractivity (Wildman–Crippen MR) is 59.4 cm³/mol. The van der Waals surface area contributed by atoms with Crippen LogP contribution in [-0.2, 0) is 4.74 Å². The van der Waals surface area contributed by atoms with E-state index < -0.39 is 0 Å². The average Bonchev–Trinajstić information content (AvgIpc) is 2.90. The van der Waals surface area contributed by atoms with Crippen molar-refractivity contribution in [2.24, 2.45) is 0 Å². The highest BCUT2D eigenvalue weighted by molar-refractivity contribution is 7.11. The Bertz CT molecular complexity index is 310. The Balaban J connectivity index is 0.00000128. The molecular formula is C11H16ClNO2S. The Morgan fingerprint density at radius 2 is 2.19 bits per heavy atom. The van der Waals surface area contributed by atoms with Gasteiger partial charge in [-0.1, -0.05) is 6.07 Å². The molecule has 1 aromatic rings. The second-order valence-electron chi connectivity index (χ2n) is 3.82. The lowest BCUT2D eigenvalue weighted by Crippen LogP contribution is -3.10. The lowest BCUT2D eigenvalue weighted by atomic mass is 10.4. The first kappa shape index (κ1) is 13.5. The van der Waals surface area contributed by atoms with Crippen LogP contribution in [0.4, 0.5) is 0 Å². The van der Waals surface area contributed by atoms with Crippen molar-refractivity contribution >= 4 is 17.3 Å². The van der Waals surface area contributed by atoms with E-state index in [1.54, 1.807) is 11.0 Å². The standard InChI is InChI=1S/C11H15NO2S.ClH/c13-11(10-4-3-9-15-10)14-8-7-12-5-1-2-6-12;/h3-4,9H,1-2,5-8H2;1H. The van der Waals surface area contributed by atoms with Gasteiger partial charge in [-0.2, -0.15) is 0 Å². The summed E-state index contributed by atoms with van der Waals surface area (Å²) >= 11 is 1.43. The molecule has 0 aromatic carbocycles. The number of hydrogen-bond donors (Lipinski definition) is 1. The van der Waals surface area contributed by atoms with Crippen LogP contribution < -0.4 is 17.3 Å². The van der Waals surface area contributed by atoms with Crippen LogP contribution in [0.25, 0.3) is 0 Å². The van der Waals surface area contributed by atoms with E-state index in [0.717, 1.165) is 6.54 Å². The average molecular weight is 262 g/mol. The fourth-order valence-corrected chi connectivity index (χ4v) is 2.49. The highest BCUT2D eigenvalue weighted by Crippen LogP contribution is 2.09. The van der Waals surface area contributed by atoms with Crippen LogP contribution in [0.2, 0.25) is 0 Å². The molecule has 0 spiro atoms. The Labute approximate surface area is 106 Å². The number of carbonyl (C=O) groups is 1. The SMILES string of the molecule is O=C(OCC[NH+]1CCCC1)c1cccs1.[Cl-]. The zero-order valence-electron chi connectivity index (χ0n) is 9.08. The van der Waals surface area contributed by atoms with Gasteiger partial charge in [-0.25, -0.2) is 4.79 Å². The largest absolute Gasteiger partial charge is 1.00 e. The van der Waals surface area contributed by atoms with E-state index in [1.165, 1.54) is 37.3 Å². The van der Waals surface area contributed by atoms with Crippen LogP contribution >= 0.6 is 11.3 Å². The minimum absolute atomic E-state index is 0. The predicted octanol–water partition coefficient (Wildman–Crippen LogP) is -2.41. The minimum Gasteiger partial charge on any atom is -1.00 e. The zero-order chi connectivity index (χ0) is 10.5. The summed E-state index contributed by atoms with van der Waals surface area (Å²) in [4.78, 5) is 13.7. The Hall–Kier alpha value is -0.580. The lowest BCUT2D eigenvalue weighted by molar-refractivity contribution is -0.887. The van der Waals surface area contributed by atoms with E-state index in [4.69, 9.17) is 4.74 Å². The fourth-order valence-electron chi connectivity index (χ4n) is 1.88. The smallest absolute Gasteiger partial charge is 0.348 e. The molecule has 1 N–H and O–H groups in total. The second kappa shape index (κ2) is 6.89. The van der Waals surface area contributed by atoms with Gasteiger partial charge in [0.25, 0.3) is 0 Å². The van der Waals surface area contributed by atoms with Crippen molar-refractivity contribution in [1.82, 2.24) is 0 Å². The van der Waals surface area contributed by atoms with Gasteiger partial charge in [-0.3, -0.25) is 0 Å². The third-order valence-electron chi connectivity index (χ3n) is 2.72. The van der Waals surface area contributed by atoms with Gasteiger partial charge in [-0.05, 0) is 11.4 Å². The molecule has 2 heterocycles. The molecule has 0 amide bonds. The lowest BCUT2D eigenvalue weighted by Gasteiger charge is -2.11. The number of esters is 1. The van der Waals surface area contributed by atoms with Crippen LogP contribution in [0.3, 0.4) is 0 Å². The van der Waals surface area contributed by atoms with Crippen LogP contribution in [0, 0.1) is 0 Å². The first-order valence-electron chi connectivity index (χ1n) is 5.40. The van der Waals surface area contributed by atoms with E-state index in [-0.39, 0.29) is 18.4 Å². The number of halogens is 1. The Morgan fingerprint density at radius 1 is 1.44 bits per heavy atom. The second-order valence-corrected chi connectivity index (χ2v) is 4.77. The van der Waals surface area contributed by atoms with Crippen molar-refractivity contribution < 1.29 is 26.8 Å². The molecule has 1 saturated heterocycles. The van der Waals surface area contributed by atoms with Crippen LogP contribution in [0.1, 0.15) is 22.5 Å². The molecule has 0 unspecified atom stereocenters. The molecule has 0 radical (unpaired) electrons. The van der Waals surface area contributed by atoms with Gasteiger partial charge in [0.2, 0.25) is 0 Å². The fraction of sp³-hybridized carbons (Fsp3) is 0.545. The first-order chi connectivity index (χ1) is 7.36. The highest BCUT2D eigenvalue weighted by Gasteiger charge is 2.15. The summed E-state index contributed by atoms with van der Waals surface area (Å²) < 4.78 is 5.20. The molecule has 1 aromatic heterocycles. The molecule has 2 rings (SSSR count). The van der Waals surface area contributed by atoms with E-state index in [2.05, 4.69) is 0 Å². The normalized spacial score (nSPS) is 15.8. The van der Waals surface area contributed by atoms with Gasteiger partial charge in [0.05, 0.1) is 13.1 Å². The summed E-state index contributed by atoms with van der Waals surface area (Å²) in [5, 5.41) is 1.89. The summed E-state index contributed by atoms with van der Waals surface area (Å²) in [6.07, 6.45) is 2.63. The van der Waals surface area contributed by atoms with E-state index in [0.29, 0.717) is 11.5 Å². The number of rotatable bonds is 4. The molecule has 0 atom stereocenters. The van der Waals surface area contributed by atoms with Crippen LogP contribution in [0.15, 0.2) is 17.5 Å². The zero-order valence-corrected chi connectivity index (χ0v) is 10.6.